The van der Waals surface area contributed by atoms with Crippen molar-refractivity contribution in [3.05, 3.63) is 12.7 Å². The number of guanidine groups is 1. The van der Waals surface area contributed by atoms with Crippen LogP contribution < -0.4 is 10.6 Å². The third-order valence-electron chi connectivity index (χ3n) is 3.33. The SMILES string of the molecule is C=CCNC(=NC)NCC1CCC(C)CC1. The van der Waals surface area contributed by atoms with E-state index in [1.807, 2.05) is 6.08 Å². The zero-order valence-electron chi connectivity index (χ0n) is 10.6. The summed E-state index contributed by atoms with van der Waals surface area (Å²) >= 11 is 0. The van der Waals surface area contributed by atoms with Crippen LogP contribution in [-0.4, -0.2) is 26.1 Å². The minimum Gasteiger partial charge on any atom is -0.356 e. The molecule has 1 aliphatic rings. The molecule has 0 aromatic carbocycles. The lowest BCUT2D eigenvalue weighted by atomic mass is 9.83. The van der Waals surface area contributed by atoms with Gasteiger partial charge < -0.3 is 10.6 Å². The summed E-state index contributed by atoms with van der Waals surface area (Å²) in [5.41, 5.74) is 0. The Morgan fingerprint density at radius 3 is 2.56 bits per heavy atom. The molecule has 1 rings (SSSR count). The first-order valence-corrected chi connectivity index (χ1v) is 6.31. The molecule has 0 unspecified atom stereocenters. The Labute approximate surface area is 99.4 Å². The molecular formula is C13H25N3. The predicted molar refractivity (Wildman–Crippen MR) is 70.7 cm³/mol. The highest BCUT2D eigenvalue weighted by atomic mass is 15.2. The van der Waals surface area contributed by atoms with Gasteiger partial charge in [-0.15, -0.1) is 6.58 Å². The van der Waals surface area contributed by atoms with Crippen molar-refractivity contribution in [3.63, 3.8) is 0 Å². The molecule has 1 saturated carbocycles. The van der Waals surface area contributed by atoms with Gasteiger partial charge in [-0.2, -0.15) is 0 Å². The van der Waals surface area contributed by atoms with Crippen LogP contribution in [0.4, 0.5) is 0 Å². The van der Waals surface area contributed by atoms with Crippen molar-refractivity contribution in [2.75, 3.05) is 20.1 Å². The van der Waals surface area contributed by atoms with Crippen molar-refractivity contribution in [1.82, 2.24) is 10.6 Å². The molecule has 0 saturated heterocycles. The second-order valence-corrected chi connectivity index (χ2v) is 4.75. The van der Waals surface area contributed by atoms with Crippen molar-refractivity contribution in [2.45, 2.75) is 32.6 Å². The Morgan fingerprint density at radius 2 is 2.00 bits per heavy atom. The molecule has 0 heterocycles. The Balaban J connectivity index is 2.19. The fourth-order valence-electron chi connectivity index (χ4n) is 2.16. The van der Waals surface area contributed by atoms with Crippen molar-refractivity contribution < 1.29 is 0 Å². The number of nitrogens with one attached hydrogen (secondary N) is 2. The van der Waals surface area contributed by atoms with E-state index in [1.54, 1.807) is 7.05 Å². The lowest BCUT2D eigenvalue weighted by Crippen LogP contribution is -2.40. The zero-order chi connectivity index (χ0) is 11.8. The zero-order valence-corrected chi connectivity index (χ0v) is 10.6. The van der Waals surface area contributed by atoms with Crippen LogP contribution in [0.2, 0.25) is 0 Å². The number of aliphatic imine (C=N–C) groups is 1. The average Bonchev–Trinajstić information content (AvgIpc) is 2.32. The largest absolute Gasteiger partial charge is 0.356 e. The molecule has 0 atom stereocenters. The molecule has 3 heteroatoms. The van der Waals surface area contributed by atoms with Crippen molar-refractivity contribution in [2.24, 2.45) is 16.8 Å². The van der Waals surface area contributed by atoms with Gasteiger partial charge in [0.25, 0.3) is 0 Å². The van der Waals surface area contributed by atoms with E-state index in [9.17, 15) is 0 Å². The third kappa shape index (κ3) is 4.69. The van der Waals surface area contributed by atoms with Gasteiger partial charge in [-0.1, -0.05) is 25.8 Å². The number of nitrogens with zero attached hydrogens (tertiary/aromatic N) is 1. The van der Waals surface area contributed by atoms with Gasteiger partial charge in [0.05, 0.1) is 0 Å². The van der Waals surface area contributed by atoms with E-state index >= 15 is 0 Å². The molecule has 92 valence electrons. The van der Waals surface area contributed by atoms with Crippen LogP contribution in [0.25, 0.3) is 0 Å². The van der Waals surface area contributed by atoms with Crippen LogP contribution >= 0.6 is 0 Å². The van der Waals surface area contributed by atoms with Crippen LogP contribution in [-0.2, 0) is 0 Å². The van der Waals surface area contributed by atoms with E-state index in [0.717, 1.165) is 30.9 Å². The summed E-state index contributed by atoms with van der Waals surface area (Å²) in [5, 5.41) is 6.57. The van der Waals surface area contributed by atoms with Gasteiger partial charge in [0.2, 0.25) is 0 Å². The lowest BCUT2D eigenvalue weighted by molar-refractivity contribution is 0.289. The van der Waals surface area contributed by atoms with E-state index in [0.29, 0.717) is 0 Å². The van der Waals surface area contributed by atoms with E-state index in [2.05, 4.69) is 29.1 Å². The van der Waals surface area contributed by atoms with Gasteiger partial charge in [-0.3, -0.25) is 4.99 Å². The Hall–Kier alpha value is -0.990. The summed E-state index contributed by atoms with van der Waals surface area (Å²) < 4.78 is 0. The van der Waals surface area contributed by atoms with Gasteiger partial charge in [-0.25, -0.2) is 0 Å². The summed E-state index contributed by atoms with van der Waals surface area (Å²) in [5.74, 6) is 2.63. The first kappa shape index (κ1) is 13.1. The molecule has 0 bridgehead atoms. The quantitative estimate of drug-likeness (QED) is 0.435. The molecule has 3 nitrogen and oxygen atoms in total. The Kier molecular flexibility index (Phi) is 5.98. The van der Waals surface area contributed by atoms with Gasteiger partial charge in [0, 0.05) is 20.1 Å². The molecule has 0 spiro atoms. The summed E-state index contributed by atoms with van der Waals surface area (Å²) in [6.45, 7) is 7.85. The maximum absolute atomic E-state index is 4.17. The highest BCUT2D eigenvalue weighted by Crippen LogP contribution is 2.27. The number of hydrogen-bond acceptors (Lipinski definition) is 1. The summed E-state index contributed by atoms with van der Waals surface area (Å²) in [7, 11) is 1.81. The topological polar surface area (TPSA) is 36.4 Å². The van der Waals surface area contributed by atoms with Gasteiger partial charge in [0.15, 0.2) is 5.96 Å². The molecule has 0 amide bonds. The van der Waals surface area contributed by atoms with Gasteiger partial charge in [-0.05, 0) is 24.7 Å². The van der Waals surface area contributed by atoms with Crippen molar-refractivity contribution in [1.29, 1.82) is 0 Å². The highest BCUT2D eigenvalue weighted by molar-refractivity contribution is 5.79. The smallest absolute Gasteiger partial charge is 0.191 e. The molecule has 0 aromatic rings. The van der Waals surface area contributed by atoms with E-state index in [-0.39, 0.29) is 0 Å². The summed E-state index contributed by atoms with van der Waals surface area (Å²) in [6, 6.07) is 0. The molecule has 1 aliphatic carbocycles. The molecular weight excluding hydrogens is 198 g/mol. The first-order valence-electron chi connectivity index (χ1n) is 6.31. The fraction of sp³-hybridized carbons (Fsp3) is 0.769. The number of rotatable bonds is 4. The average molecular weight is 223 g/mol. The maximum Gasteiger partial charge on any atom is 0.191 e. The predicted octanol–water partition coefficient (Wildman–Crippen LogP) is 2.16. The summed E-state index contributed by atoms with van der Waals surface area (Å²) in [4.78, 5) is 4.17. The Morgan fingerprint density at radius 1 is 1.31 bits per heavy atom. The van der Waals surface area contributed by atoms with Crippen LogP contribution in [0.3, 0.4) is 0 Å². The standard InChI is InChI=1S/C13H25N3/c1-4-9-15-13(14-3)16-10-12-7-5-11(2)6-8-12/h4,11-12H,1,5-10H2,2-3H3,(H2,14,15,16). The normalized spacial score (nSPS) is 26.2. The lowest BCUT2D eigenvalue weighted by Gasteiger charge is -2.26. The minimum atomic E-state index is 0.765. The van der Waals surface area contributed by atoms with Crippen LogP contribution in [0.5, 0.6) is 0 Å². The maximum atomic E-state index is 4.17. The molecule has 0 radical (unpaired) electrons. The molecule has 16 heavy (non-hydrogen) atoms. The van der Waals surface area contributed by atoms with Crippen LogP contribution in [0.1, 0.15) is 32.6 Å². The van der Waals surface area contributed by atoms with Crippen molar-refractivity contribution in [3.8, 4) is 0 Å². The monoisotopic (exact) mass is 223 g/mol. The second-order valence-electron chi connectivity index (χ2n) is 4.75. The van der Waals surface area contributed by atoms with E-state index in [4.69, 9.17) is 0 Å². The van der Waals surface area contributed by atoms with Gasteiger partial charge in [0.1, 0.15) is 0 Å². The van der Waals surface area contributed by atoms with Crippen LogP contribution in [0.15, 0.2) is 17.6 Å². The second kappa shape index (κ2) is 7.31. The molecule has 1 fully saturated rings. The molecule has 2 N–H and O–H groups in total. The highest BCUT2D eigenvalue weighted by Gasteiger charge is 2.17. The molecule has 0 aliphatic heterocycles. The van der Waals surface area contributed by atoms with E-state index in [1.165, 1.54) is 25.7 Å². The van der Waals surface area contributed by atoms with E-state index < -0.39 is 0 Å². The fourth-order valence-corrected chi connectivity index (χ4v) is 2.16. The third-order valence-corrected chi connectivity index (χ3v) is 3.33. The van der Waals surface area contributed by atoms with Crippen molar-refractivity contribution >= 4 is 5.96 Å². The number of hydrogen-bond donors (Lipinski definition) is 2. The Bertz CT molecular complexity index is 227. The minimum absolute atomic E-state index is 0.765. The first-order chi connectivity index (χ1) is 7.76. The molecule has 0 aromatic heterocycles. The van der Waals surface area contributed by atoms with Crippen LogP contribution in [0, 0.1) is 11.8 Å². The summed E-state index contributed by atoms with van der Waals surface area (Å²) in [6.07, 6.45) is 7.31. The van der Waals surface area contributed by atoms with Gasteiger partial charge >= 0.3 is 0 Å².